The summed E-state index contributed by atoms with van der Waals surface area (Å²) in [6.07, 6.45) is 0.0127. The van der Waals surface area contributed by atoms with E-state index in [0.29, 0.717) is 5.56 Å². The van der Waals surface area contributed by atoms with E-state index < -0.39 is 23.7 Å². The van der Waals surface area contributed by atoms with Crippen molar-refractivity contribution in [2.45, 2.75) is 12.5 Å². The van der Waals surface area contributed by atoms with Crippen LogP contribution < -0.4 is 11.1 Å². The summed E-state index contributed by atoms with van der Waals surface area (Å²) in [6, 6.07) is 4.46. The van der Waals surface area contributed by atoms with Gasteiger partial charge in [-0.05, 0) is 17.7 Å². The van der Waals surface area contributed by atoms with Gasteiger partial charge in [0.05, 0.1) is 6.54 Å². The first-order valence-electron chi connectivity index (χ1n) is 4.99. The summed E-state index contributed by atoms with van der Waals surface area (Å²) < 4.78 is 12.9. The van der Waals surface area contributed by atoms with E-state index in [2.05, 4.69) is 5.32 Å². The molecule has 0 saturated heterocycles. The molecule has 0 saturated carbocycles. The molecule has 0 aromatic heterocycles. The van der Waals surface area contributed by atoms with Gasteiger partial charge in [0.25, 0.3) is 0 Å². The number of amides is 1. The number of halogens is 1. The molecule has 0 spiro atoms. The molecule has 0 aliphatic heterocycles. The van der Waals surface area contributed by atoms with Crippen LogP contribution in [0.1, 0.15) is 5.56 Å². The first kappa shape index (κ1) is 13.1. The van der Waals surface area contributed by atoms with Crippen LogP contribution in [0, 0.1) is 5.82 Å². The Morgan fingerprint density at radius 3 is 2.71 bits per heavy atom. The molecule has 92 valence electrons. The van der Waals surface area contributed by atoms with Crippen LogP contribution in [-0.2, 0) is 16.0 Å². The maximum atomic E-state index is 12.9. The van der Waals surface area contributed by atoms with Gasteiger partial charge in [0.15, 0.2) is 0 Å². The van der Waals surface area contributed by atoms with E-state index in [0.717, 1.165) is 0 Å². The third-order valence-corrected chi connectivity index (χ3v) is 2.15. The van der Waals surface area contributed by atoms with Crippen molar-refractivity contribution in [3.63, 3.8) is 0 Å². The normalized spacial score (nSPS) is 11.9. The van der Waals surface area contributed by atoms with Crippen molar-refractivity contribution in [2.24, 2.45) is 5.73 Å². The lowest BCUT2D eigenvalue weighted by molar-refractivity contribution is -0.141. The van der Waals surface area contributed by atoms with Gasteiger partial charge in [-0.2, -0.15) is 0 Å². The molecule has 0 aliphatic carbocycles. The van der Waals surface area contributed by atoms with Crippen LogP contribution in [0.5, 0.6) is 0 Å². The number of carbonyl (C=O) groups excluding carboxylic acids is 1. The van der Waals surface area contributed by atoms with Crippen molar-refractivity contribution in [3.05, 3.63) is 35.6 Å². The molecule has 1 rings (SSSR count). The van der Waals surface area contributed by atoms with Crippen LogP contribution >= 0.6 is 0 Å². The van der Waals surface area contributed by atoms with Gasteiger partial charge in [0.2, 0.25) is 5.91 Å². The first-order valence-corrected chi connectivity index (χ1v) is 4.99. The first-order chi connectivity index (χ1) is 8.02. The summed E-state index contributed by atoms with van der Waals surface area (Å²) >= 11 is 0. The number of carboxylic acid groups (broad SMARTS) is 1. The zero-order chi connectivity index (χ0) is 12.8. The minimum atomic E-state index is -1.18. The second-order valence-electron chi connectivity index (χ2n) is 3.50. The van der Waals surface area contributed by atoms with Gasteiger partial charge >= 0.3 is 5.97 Å². The number of nitrogens with two attached hydrogens (primary N) is 1. The number of hydrogen-bond acceptors (Lipinski definition) is 3. The average Bonchev–Trinajstić information content (AvgIpc) is 2.27. The lowest BCUT2D eigenvalue weighted by Gasteiger charge is -2.13. The largest absolute Gasteiger partial charge is 0.480 e. The van der Waals surface area contributed by atoms with Crippen LogP contribution in [0.4, 0.5) is 4.39 Å². The summed E-state index contributed by atoms with van der Waals surface area (Å²) in [5.74, 6) is -2.19. The summed E-state index contributed by atoms with van der Waals surface area (Å²) in [4.78, 5) is 21.9. The molecule has 0 radical (unpaired) electrons. The van der Waals surface area contributed by atoms with E-state index in [1.165, 1.54) is 18.2 Å². The van der Waals surface area contributed by atoms with Gasteiger partial charge in [-0.25, -0.2) is 9.18 Å². The Balaban J connectivity index is 2.73. The molecule has 17 heavy (non-hydrogen) atoms. The molecule has 4 N–H and O–H groups in total. The van der Waals surface area contributed by atoms with Crippen molar-refractivity contribution >= 4 is 11.9 Å². The van der Waals surface area contributed by atoms with Crippen LogP contribution in [0.15, 0.2) is 24.3 Å². The van der Waals surface area contributed by atoms with Gasteiger partial charge in [0.1, 0.15) is 11.9 Å². The average molecular weight is 240 g/mol. The number of hydrogen-bond donors (Lipinski definition) is 3. The SMILES string of the molecule is NCC(=O)NC(Cc1cccc(F)c1)C(=O)O. The zero-order valence-electron chi connectivity index (χ0n) is 9.02. The topological polar surface area (TPSA) is 92.4 Å². The molecule has 1 aromatic carbocycles. The lowest BCUT2D eigenvalue weighted by Crippen LogP contribution is -2.44. The van der Waals surface area contributed by atoms with E-state index in [-0.39, 0.29) is 13.0 Å². The van der Waals surface area contributed by atoms with Crippen molar-refractivity contribution in [1.29, 1.82) is 0 Å². The predicted octanol–water partition coefficient (Wildman–Crippen LogP) is -0.104. The number of benzene rings is 1. The molecule has 0 fully saturated rings. The highest BCUT2D eigenvalue weighted by Crippen LogP contribution is 2.06. The highest BCUT2D eigenvalue weighted by atomic mass is 19.1. The number of carboxylic acids is 1. The zero-order valence-corrected chi connectivity index (χ0v) is 9.02. The molecule has 0 bridgehead atoms. The monoisotopic (exact) mass is 240 g/mol. The Bertz CT molecular complexity index is 423. The molecule has 1 unspecified atom stereocenters. The summed E-state index contributed by atoms with van der Waals surface area (Å²) in [5.41, 5.74) is 5.57. The van der Waals surface area contributed by atoms with E-state index in [4.69, 9.17) is 10.8 Å². The van der Waals surface area contributed by atoms with Gasteiger partial charge in [0, 0.05) is 6.42 Å². The van der Waals surface area contributed by atoms with Crippen LogP contribution in [0.3, 0.4) is 0 Å². The summed E-state index contributed by atoms with van der Waals surface area (Å²) in [7, 11) is 0. The highest BCUT2D eigenvalue weighted by Gasteiger charge is 2.19. The predicted molar refractivity (Wildman–Crippen MR) is 58.7 cm³/mol. The Morgan fingerprint density at radius 2 is 2.18 bits per heavy atom. The second-order valence-corrected chi connectivity index (χ2v) is 3.50. The Morgan fingerprint density at radius 1 is 1.47 bits per heavy atom. The number of nitrogens with one attached hydrogen (secondary N) is 1. The van der Waals surface area contributed by atoms with E-state index >= 15 is 0 Å². The molecule has 1 amide bonds. The quantitative estimate of drug-likeness (QED) is 0.670. The lowest BCUT2D eigenvalue weighted by atomic mass is 10.1. The Labute approximate surface area is 97.4 Å². The molecule has 1 aromatic rings. The molecule has 0 aliphatic rings. The van der Waals surface area contributed by atoms with E-state index in [1.807, 2.05) is 0 Å². The van der Waals surface area contributed by atoms with Crippen molar-refractivity contribution in [3.8, 4) is 0 Å². The van der Waals surface area contributed by atoms with E-state index in [1.54, 1.807) is 6.07 Å². The fourth-order valence-corrected chi connectivity index (χ4v) is 1.35. The smallest absolute Gasteiger partial charge is 0.326 e. The molecule has 6 heteroatoms. The van der Waals surface area contributed by atoms with E-state index in [9.17, 15) is 14.0 Å². The molecule has 0 heterocycles. The minimum Gasteiger partial charge on any atom is -0.480 e. The standard InChI is InChI=1S/C11H13FN2O3/c12-8-3-1-2-7(4-8)5-9(11(16)17)14-10(15)6-13/h1-4,9H,5-6,13H2,(H,14,15)(H,16,17). The maximum absolute atomic E-state index is 12.9. The highest BCUT2D eigenvalue weighted by molar-refractivity contribution is 5.84. The third-order valence-electron chi connectivity index (χ3n) is 2.15. The number of rotatable bonds is 5. The van der Waals surface area contributed by atoms with Crippen LogP contribution in [0.2, 0.25) is 0 Å². The molecular weight excluding hydrogens is 227 g/mol. The molecule has 1 atom stereocenters. The molecular formula is C11H13FN2O3. The minimum absolute atomic E-state index is 0.0127. The van der Waals surface area contributed by atoms with Gasteiger partial charge in [-0.1, -0.05) is 12.1 Å². The van der Waals surface area contributed by atoms with Gasteiger partial charge in [-0.15, -0.1) is 0 Å². The summed E-state index contributed by atoms with van der Waals surface area (Å²) in [6.45, 7) is -0.285. The maximum Gasteiger partial charge on any atom is 0.326 e. The fourth-order valence-electron chi connectivity index (χ4n) is 1.35. The Kier molecular flexibility index (Phi) is 4.59. The number of aliphatic carboxylic acids is 1. The van der Waals surface area contributed by atoms with Crippen LogP contribution in [-0.4, -0.2) is 29.6 Å². The van der Waals surface area contributed by atoms with Crippen molar-refractivity contribution in [2.75, 3.05) is 6.54 Å². The van der Waals surface area contributed by atoms with Gasteiger partial charge in [-0.3, -0.25) is 4.79 Å². The second kappa shape index (κ2) is 5.95. The summed E-state index contributed by atoms with van der Waals surface area (Å²) in [5, 5.41) is 11.1. The third kappa shape index (κ3) is 4.20. The van der Waals surface area contributed by atoms with Gasteiger partial charge < -0.3 is 16.2 Å². The Hall–Kier alpha value is -1.95. The molecule has 5 nitrogen and oxygen atoms in total. The number of carbonyl (C=O) groups is 2. The fraction of sp³-hybridized carbons (Fsp3) is 0.273. The van der Waals surface area contributed by atoms with Crippen molar-refractivity contribution in [1.82, 2.24) is 5.32 Å². The van der Waals surface area contributed by atoms with Crippen molar-refractivity contribution < 1.29 is 19.1 Å². The van der Waals surface area contributed by atoms with Crippen LogP contribution in [0.25, 0.3) is 0 Å².